The molecule has 38 heavy (non-hydrogen) atoms. The maximum atomic E-state index is 13.6. The van der Waals surface area contributed by atoms with E-state index in [0.717, 1.165) is 11.1 Å². The van der Waals surface area contributed by atoms with Crippen molar-refractivity contribution >= 4 is 39.1 Å². The van der Waals surface area contributed by atoms with Crippen LogP contribution in [-0.2, 0) is 26.0 Å². The predicted octanol–water partition coefficient (Wildman–Crippen LogP) is 6.36. The molecule has 6 nitrogen and oxygen atoms in total. The monoisotopic (exact) mass is 573 g/mol. The summed E-state index contributed by atoms with van der Waals surface area (Å²) in [5.74, 6) is -0.791. The standard InChI is InChI=1S/C29H29Cl2NO5S/c1-29(2)24-17-23(28(33)32-38(34,35)21-12-9-19(30)10-13-21)25(14-8-18-6-4-3-5-7-18)36-27(24)22-16-20(31)11-15-26(22)37-29/h3-7,9-13,15-16,23-25,27H,8,14,17H2,1-2H3,(H,32,33)/t23-,24+,25+,27-/m1/s1. The SMILES string of the molecule is CC1(C)Oc2ccc(Cl)cc2[C@H]2O[C@@H](CCc3ccccc3)[C@H](C(=O)NS(=O)(=O)c3ccc(Cl)cc3)C[C@@H]21. The van der Waals surface area contributed by atoms with Crippen molar-refractivity contribution < 1.29 is 22.7 Å². The highest BCUT2D eigenvalue weighted by atomic mass is 35.5. The third-order valence-electron chi connectivity index (χ3n) is 7.44. The molecule has 0 aromatic heterocycles. The fourth-order valence-electron chi connectivity index (χ4n) is 5.44. The van der Waals surface area contributed by atoms with E-state index < -0.39 is 33.6 Å². The van der Waals surface area contributed by atoms with Crippen molar-refractivity contribution in [3.05, 3.63) is 94.0 Å². The maximum Gasteiger partial charge on any atom is 0.264 e. The van der Waals surface area contributed by atoms with Crippen LogP contribution in [0, 0.1) is 11.8 Å². The second kappa shape index (κ2) is 10.5. The van der Waals surface area contributed by atoms with Gasteiger partial charge in [0.15, 0.2) is 0 Å². The lowest BCUT2D eigenvalue weighted by Crippen LogP contribution is -2.54. The smallest absolute Gasteiger partial charge is 0.264 e. The van der Waals surface area contributed by atoms with Gasteiger partial charge in [-0.15, -0.1) is 0 Å². The van der Waals surface area contributed by atoms with Crippen LogP contribution in [-0.4, -0.2) is 26.0 Å². The molecule has 0 bridgehead atoms. The lowest BCUT2D eigenvalue weighted by molar-refractivity contribution is -0.179. The first-order chi connectivity index (χ1) is 18.0. The molecule has 0 radical (unpaired) electrons. The average molecular weight is 575 g/mol. The van der Waals surface area contributed by atoms with E-state index in [1.165, 1.54) is 24.3 Å². The number of halogens is 2. The predicted molar refractivity (Wildman–Crippen MR) is 147 cm³/mol. The summed E-state index contributed by atoms with van der Waals surface area (Å²) in [4.78, 5) is 13.6. The molecule has 0 saturated carbocycles. The molecule has 1 N–H and O–H groups in total. The molecule has 0 spiro atoms. The maximum absolute atomic E-state index is 13.6. The number of hydrogen-bond donors (Lipinski definition) is 1. The number of ether oxygens (including phenoxy) is 2. The van der Waals surface area contributed by atoms with Crippen LogP contribution in [0.4, 0.5) is 0 Å². The van der Waals surface area contributed by atoms with Crippen molar-refractivity contribution in [3.8, 4) is 5.75 Å². The quantitative estimate of drug-likeness (QED) is 0.370. The van der Waals surface area contributed by atoms with Gasteiger partial charge in [-0.1, -0.05) is 53.5 Å². The Labute approximate surface area is 233 Å². The Morgan fingerprint density at radius 2 is 1.68 bits per heavy atom. The molecule has 2 heterocycles. The number of sulfonamides is 1. The van der Waals surface area contributed by atoms with Gasteiger partial charge in [0, 0.05) is 21.5 Å². The molecule has 2 aliphatic heterocycles. The lowest BCUT2D eigenvalue weighted by Gasteiger charge is -2.50. The van der Waals surface area contributed by atoms with E-state index in [1.54, 1.807) is 6.07 Å². The van der Waals surface area contributed by atoms with Crippen molar-refractivity contribution in [1.82, 2.24) is 4.72 Å². The minimum absolute atomic E-state index is 0.0319. The minimum Gasteiger partial charge on any atom is -0.487 e. The van der Waals surface area contributed by atoms with E-state index in [-0.39, 0.29) is 16.9 Å². The van der Waals surface area contributed by atoms with Crippen molar-refractivity contribution in [2.24, 2.45) is 11.8 Å². The third kappa shape index (κ3) is 5.57. The highest BCUT2D eigenvalue weighted by Gasteiger charge is 2.52. The Bertz CT molecular complexity index is 1430. The molecule has 1 saturated heterocycles. The van der Waals surface area contributed by atoms with E-state index in [0.29, 0.717) is 35.1 Å². The van der Waals surface area contributed by atoms with Crippen LogP contribution in [0.25, 0.3) is 0 Å². The first-order valence-corrected chi connectivity index (χ1v) is 14.8. The highest BCUT2D eigenvalue weighted by molar-refractivity contribution is 7.90. The number of benzene rings is 3. The number of rotatable bonds is 6. The third-order valence-corrected chi connectivity index (χ3v) is 9.29. The number of fused-ring (bicyclic) bond motifs is 3. The van der Waals surface area contributed by atoms with Crippen LogP contribution in [0.3, 0.4) is 0 Å². The van der Waals surface area contributed by atoms with Gasteiger partial charge < -0.3 is 9.47 Å². The topological polar surface area (TPSA) is 81.7 Å². The molecule has 0 aliphatic carbocycles. The van der Waals surface area contributed by atoms with E-state index in [1.807, 2.05) is 56.3 Å². The number of carbonyl (C=O) groups is 1. The molecule has 4 atom stereocenters. The first kappa shape index (κ1) is 27.0. The second-order valence-corrected chi connectivity index (χ2v) is 12.9. The van der Waals surface area contributed by atoms with Crippen LogP contribution >= 0.6 is 23.2 Å². The van der Waals surface area contributed by atoms with E-state index in [2.05, 4.69) is 4.72 Å². The van der Waals surface area contributed by atoms with E-state index in [9.17, 15) is 13.2 Å². The summed E-state index contributed by atoms with van der Waals surface area (Å²) < 4.78 is 41.4. The molecule has 200 valence electrons. The van der Waals surface area contributed by atoms with E-state index in [4.69, 9.17) is 32.7 Å². The zero-order valence-electron chi connectivity index (χ0n) is 21.1. The molecule has 1 fully saturated rings. The number of carbonyl (C=O) groups excluding carboxylic acids is 1. The largest absolute Gasteiger partial charge is 0.487 e. The summed E-state index contributed by atoms with van der Waals surface area (Å²) in [6.07, 6.45) is 0.760. The number of amides is 1. The molecule has 3 aromatic rings. The van der Waals surface area contributed by atoms with Gasteiger partial charge in [0.2, 0.25) is 5.91 Å². The van der Waals surface area contributed by atoms with Crippen LogP contribution < -0.4 is 9.46 Å². The molecule has 3 aromatic carbocycles. The van der Waals surface area contributed by atoms with Crippen molar-refractivity contribution in [3.63, 3.8) is 0 Å². The van der Waals surface area contributed by atoms with Gasteiger partial charge >= 0.3 is 0 Å². The molecule has 9 heteroatoms. The summed E-state index contributed by atoms with van der Waals surface area (Å²) in [5, 5.41) is 0.979. The van der Waals surface area contributed by atoms with Gasteiger partial charge in [0.1, 0.15) is 11.4 Å². The van der Waals surface area contributed by atoms with Gasteiger partial charge in [0.25, 0.3) is 10.0 Å². The fourth-order valence-corrected chi connectivity index (χ4v) is 6.77. The summed E-state index contributed by atoms with van der Waals surface area (Å²) in [6, 6.07) is 21.1. The molecule has 1 amide bonds. The highest BCUT2D eigenvalue weighted by Crippen LogP contribution is 2.53. The van der Waals surface area contributed by atoms with Gasteiger partial charge in [-0.3, -0.25) is 4.79 Å². The minimum atomic E-state index is -4.09. The summed E-state index contributed by atoms with van der Waals surface area (Å²) in [7, 11) is -4.09. The van der Waals surface area contributed by atoms with Crippen molar-refractivity contribution in [1.29, 1.82) is 0 Å². The van der Waals surface area contributed by atoms with Gasteiger partial charge in [-0.05, 0) is 81.1 Å². The molecule has 0 unspecified atom stereocenters. The molecular formula is C29H29Cl2NO5S. The zero-order valence-corrected chi connectivity index (χ0v) is 23.4. The molecule has 2 aliphatic rings. The molecular weight excluding hydrogens is 545 g/mol. The van der Waals surface area contributed by atoms with Gasteiger partial charge in [-0.25, -0.2) is 13.1 Å². The number of nitrogens with one attached hydrogen (secondary N) is 1. The Kier molecular flexibility index (Phi) is 7.48. The summed E-state index contributed by atoms with van der Waals surface area (Å²) in [5.41, 5.74) is 1.31. The fraction of sp³-hybridized carbons (Fsp3) is 0.345. The lowest BCUT2D eigenvalue weighted by atomic mass is 9.71. The Balaban J connectivity index is 1.45. The number of aryl methyl sites for hydroxylation is 1. The first-order valence-electron chi connectivity index (χ1n) is 12.5. The van der Waals surface area contributed by atoms with Crippen molar-refractivity contribution in [2.75, 3.05) is 0 Å². The van der Waals surface area contributed by atoms with E-state index >= 15 is 0 Å². The van der Waals surface area contributed by atoms with Gasteiger partial charge in [0.05, 0.1) is 23.0 Å². The zero-order chi connectivity index (χ0) is 27.1. The summed E-state index contributed by atoms with van der Waals surface area (Å²) >= 11 is 12.2. The summed E-state index contributed by atoms with van der Waals surface area (Å²) in [6.45, 7) is 3.94. The van der Waals surface area contributed by atoms with Crippen LogP contribution in [0.15, 0.2) is 77.7 Å². The number of hydrogen-bond acceptors (Lipinski definition) is 5. The van der Waals surface area contributed by atoms with Crippen LogP contribution in [0.5, 0.6) is 5.75 Å². The average Bonchev–Trinajstić information content (AvgIpc) is 2.88. The van der Waals surface area contributed by atoms with Crippen LogP contribution in [0.1, 0.15) is 43.9 Å². The van der Waals surface area contributed by atoms with Crippen LogP contribution in [0.2, 0.25) is 10.0 Å². The second-order valence-electron chi connectivity index (χ2n) is 10.4. The Hall–Kier alpha value is -2.58. The van der Waals surface area contributed by atoms with Crippen molar-refractivity contribution in [2.45, 2.75) is 55.8 Å². The van der Waals surface area contributed by atoms with Gasteiger partial charge in [-0.2, -0.15) is 0 Å². The Morgan fingerprint density at radius 3 is 2.39 bits per heavy atom. The normalized spacial score (nSPS) is 24.0. The molecule has 5 rings (SSSR count). The Morgan fingerprint density at radius 1 is 1.00 bits per heavy atom.